The second kappa shape index (κ2) is 6.23. The molecule has 0 aliphatic carbocycles. The molecule has 0 atom stereocenters. The van der Waals surface area contributed by atoms with Crippen LogP contribution in [0.4, 0.5) is 0 Å². The molecule has 5 heteroatoms. The van der Waals surface area contributed by atoms with Gasteiger partial charge in [-0.2, -0.15) is 5.10 Å². The Labute approximate surface area is 114 Å². The highest BCUT2D eigenvalue weighted by Gasteiger charge is 2.20. The van der Waals surface area contributed by atoms with Crippen LogP contribution in [-0.4, -0.2) is 28.1 Å². The molecule has 1 heterocycles. The van der Waals surface area contributed by atoms with E-state index >= 15 is 0 Å². The van der Waals surface area contributed by atoms with E-state index in [1.54, 1.807) is 4.68 Å². The average molecular weight is 272 g/mol. The summed E-state index contributed by atoms with van der Waals surface area (Å²) in [4.78, 5) is 12.1. The predicted molar refractivity (Wildman–Crippen MR) is 74.1 cm³/mol. The van der Waals surface area contributed by atoms with Crippen LogP contribution in [0.25, 0.3) is 0 Å². The first kappa shape index (κ1) is 15.0. The van der Waals surface area contributed by atoms with Crippen LogP contribution in [-0.2, 0) is 13.0 Å². The summed E-state index contributed by atoms with van der Waals surface area (Å²) in [7, 11) is 0. The van der Waals surface area contributed by atoms with Gasteiger partial charge in [-0.15, -0.1) is 11.6 Å². The van der Waals surface area contributed by atoms with Crippen LogP contribution < -0.4 is 5.32 Å². The van der Waals surface area contributed by atoms with E-state index in [-0.39, 0.29) is 11.3 Å². The van der Waals surface area contributed by atoms with Crippen molar-refractivity contribution in [3.63, 3.8) is 0 Å². The van der Waals surface area contributed by atoms with Crippen LogP contribution in [0.2, 0.25) is 0 Å². The quantitative estimate of drug-likeness (QED) is 0.808. The molecular formula is C13H22ClN3O. The Morgan fingerprint density at radius 3 is 2.67 bits per heavy atom. The number of hydrogen-bond acceptors (Lipinski definition) is 2. The van der Waals surface area contributed by atoms with Gasteiger partial charge < -0.3 is 5.32 Å². The maximum absolute atomic E-state index is 12.1. The summed E-state index contributed by atoms with van der Waals surface area (Å²) < 4.78 is 1.74. The zero-order valence-corrected chi connectivity index (χ0v) is 12.3. The van der Waals surface area contributed by atoms with Crippen molar-refractivity contribution in [2.45, 2.75) is 40.7 Å². The van der Waals surface area contributed by atoms with Gasteiger partial charge in [0.05, 0.1) is 5.69 Å². The summed E-state index contributed by atoms with van der Waals surface area (Å²) in [6.07, 6.45) is 0.834. The predicted octanol–water partition coefficient (Wildman–Crippen LogP) is 2.46. The Hall–Kier alpha value is -1.03. The number of aryl methyl sites for hydroxylation is 2. The van der Waals surface area contributed by atoms with Gasteiger partial charge in [-0.3, -0.25) is 9.48 Å². The lowest BCUT2D eigenvalue weighted by Gasteiger charge is -2.21. The lowest BCUT2D eigenvalue weighted by molar-refractivity contribution is 0.0929. The number of aromatic nitrogens is 2. The number of halogens is 1. The summed E-state index contributed by atoms with van der Waals surface area (Å²) in [6, 6.07) is 1.85. The van der Waals surface area contributed by atoms with Crippen LogP contribution in [0.15, 0.2) is 6.07 Å². The van der Waals surface area contributed by atoms with E-state index in [9.17, 15) is 4.79 Å². The number of rotatable bonds is 6. The van der Waals surface area contributed by atoms with Crippen molar-refractivity contribution in [3.8, 4) is 0 Å². The molecule has 102 valence electrons. The molecule has 0 aliphatic rings. The number of carbonyl (C=O) groups is 1. The third-order valence-corrected chi connectivity index (χ3v) is 3.54. The van der Waals surface area contributed by atoms with Gasteiger partial charge in [0.25, 0.3) is 5.91 Å². The van der Waals surface area contributed by atoms with Crippen LogP contribution in [0.3, 0.4) is 0 Å². The Bertz CT molecular complexity index is 412. The fourth-order valence-corrected chi connectivity index (χ4v) is 1.62. The molecule has 0 bridgehead atoms. The molecule has 0 aromatic carbocycles. The number of alkyl halides is 1. The summed E-state index contributed by atoms with van der Waals surface area (Å²) >= 11 is 5.84. The van der Waals surface area contributed by atoms with E-state index in [4.69, 9.17) is 11.6 Å². The standard InChI is InChI=1S/C13H22ClN3O/c1-5-10-7-11(17(6-2)16-10)12(18)15-9-13(3,4)8-14/h7H,5-6,8-9H2,1-4H3,(H,15,18). The summed E-state index contributed by atoms with van der Waals surface area (Å²) in [5, 5.41) is 7.28. The van der Waals surface area contributed by atoms with Gasteiger partial charge in [-0.25, -0.2) is 0 Å². The van der Waals surface area contributed by atoms with E-state index < -0.39 is 0 Å². The summed E-state index contributed by atoms with van der Waals surface area (Å²) in [6.45, 7) is 9.31. The van der Waals surface area contributed by atoms with Crippen LogP contribution in [0, 0.1) is 5.41 Å². The first-order valence-corrected chi connectivity index (χ1v) is 6.88. The average Bonchev–Trinajstić information content (AvgIpc) is 2.79. The van der Waals surface area contributed by atoms with Gasteiger partial charge in [0, 0.05) is 19.0 Å². The minimum atomic E-state index is -0.0954. The first-order valence-electron chi connectivity index (χ1n) is 6.34. The van der Waals surface area contributed by atoms with E-state index in [0.29, 0.717) is 24.7 Å². The fourth-order valence-electron chi connectivity index (χ4n) is 1.52. The zero-order valence-electron chi connectivity index (χ0n) is 11.6. The summed E-state index contributed by atoms with van der Waals surface area (Å²) in [5.41, 5.74) is 1.47. The molecule has 1 amide bonds. The van der Waals surface area contributed by atoms with Gasteiger partial charge in [0.2, 0.25) is 0 Å². The Kier molecular flexibility index (Phi) is 5.20. The Morgan fingerprint density at radius 2 is 2.17 bits per heavy atom. The summed E-state index contributed by atoms with van der Waals surface area (Å²) in [5.74, 6) is 0.433. The van der Waals surface area contributed by atoms with Crippen LogP contribution in [0.1, 0.15) is 43.9 Å². The number of nitrogens with zero attached hydrogens (tertiary/aromatic N) is 2. The van der Waals surface area contributed by atoms with Crippen molar-refractivity contribution in [1.82, 2.24) is 15.1 Å². The monoisotopic (exact) mass is 271 g/mol. The Balaban J connectivity index is 2.75. The minimum absolute atomic E-state index is 0.0813. The first-order chi connectivity index (χ1) is 8.43. The number of amides is 1. The smallest absolute Gasteiger partial charge is 0.269 e. The molecule has 1 aromatic rings. The van der Waals surface area contributed by atoms with Crippen molar-refractivity contribution in [2.75, 3.05) is 12.4 Å². The molecule has 18 heavy (non-hydrogen) atoms. The Morgan fingerprint density at radius 1 is 1.50 bits per heavy atom. The largest absolute Gasteiger partial charge is 0.350 e. The van der Waals surface area contributed by atoms with E-state index in [1.165, 1.54) is 0 Å². The van der Waals surface area contributed by atoms with Gasteiger partial charge in [0.1, 0.15) is 5.69 Å². The van der Waals surface area contributed by atoms with Crippen molar-refractivity contribution in [1.29, 1.82) is 0 Å². The zero-order chi connectivity index (χ0) is 13.8. The van der Waals surface area contributed by atoms with Crippen LogP contribution in [0.5, 0.6) is 0 Å². The highest BCUT2D eigenvalue weighted by Crippen LogP contribution is 2.15. The van der Waals surface area contributed by atoms with Crippen molar-refractivity contribution < 1.29 is 4.79 Å². The maximum Gasteiger partial charge on any atom is 0.269 e. The normalized spacial score (nSPS) is 11.6. The van der Waals surface area contributed by atoms with Crippen LogP contribution >= 0.6 is 11.6 Å². The molecule has 0 saturated heterocycles. The number of hydrogen-bond donors (Lipinski definition) is 1. The lowest BCUT2D eigenvalue weighted by Crippen LogP contribution is -2.36. The number of nitrogens with one attached hydrogen (secondary N) is 1. The molecule has 1 N–H and O–H groups in total. The third-order valence-electron chi connectivity index (χ3n) is 2.81. The van der Waals surface area contributed by atoms with Crippen molar-refractivity contribution in [2.24, 2.45) is 5.41 Å². The van der Waals surface area contributed by atoms with Crippen molar-refractivity contribution >= 4 is 17.5 Å². The maximum atomic E-state index is 12.1. The van der Waals surface area contributed by atoms with E-state index in [0.717, 1.165) is 12.1 Å². The van der Waals surface area contributed by atoms with Gasteiger partial charge in [-0.05, 0) is 24.8 Å². The van der Waals surface area contributed by atoms with Gasteiger partial charge in [-0.1, -0.05) is 20.8 Å². The highest BCUT2D eigenvalue weighted by atomic mass is 35.5. The third kappa shape index (κ3) is 3.73. The number of carbonyl (C=O) groups excluding carboxylic acids is 1. The topological polar surface area (TPSA) is 46.9 Å². The SMILES string of the molecule is CCc1cc(C(=O)NCC(C)(C)CCl)n(CC)n1. The lowest BCUT2D eigenvalue weighted by atomic mass is 9.96. The molecular weight excluding hydrogens is 250 g/mol. The molecule has 0 saturated carbocycles. The molecule has 0 unspecified atom stereocenters. The fraction of sp³-hybridized carbons (Fsp3) is 0.692. The molecule has 0 fully saturated rings. The molecule has 0 spiro atoms. The minimum Gasteiger partial charge on any atom is -0.350 e. The van der Waals surface area contributed by atoms with Gasteiger partial charge in [0.15, 0.2) is 0 Å². The second-order valence-electron chi connectivity index (χ2n) is 5.17. The molecule has 1 rings (SSSR count). The van der Waals surface area contributed by atoms with E-state index in [2.05, 4.69) is 10.4 Å². The molecule has 4 nitrogen and oxygen atoms in total. The molecule has 0 radical (unpaired) electrons. The van der Waals surface area contributed by atoms with Gasteiger partial charge >= 0.3 is 0 Å². The molecule has 0 aliphatic heterocycles. The van der Waals surface area contributed by atoms with Crippen molar-refractivity contribution in [3.05, 3.63) is 17.5 Å². The van der Waals surface area contributed by atoms with E-state index in [1.807, 2.05) is 33.8 Å². The highest BCUT2D eigenvalue weighted by molar-refractivity contribution is 6.18. The second-order valence-corrected chi connectivity index (χ2v) is 5.44. The molecule has 1 aromatic heterocycles.